The van der Waals surface area contributed by atoms with Crippen molar-refractivity contribution < 1.29 is 9.59 Å². The Bertz CT molecular complexity index is 1260. The summed E-state index contributed by atoms with van der Waals surface area (Å²) >= 11 is 12.9. The number of carbonyl (C=O) groups is 2. The maximum Gasteiger partial charge on any atom is 0.278 e. The fourth-order valence-electron chi connectivity index (χ4n) is 2.71. The molecule has 4 rings (SSSR count). The number of hydrogen-bond acceptors (Lipinski definition) is 3. The Labute approximate surface area is 174 Å². The lowest BCUT2D eigenvalue weighted by molar-refractivity contribution is 0.0972. The molecule has 7 heteroatoms. The maximum atomic E-state index is 13.0. The lowest BCUT2D eigenvalue weighted by atomic mass is 10.2. The van der Waals surface area contributed by atoms with Crippen molar-refractivity contribution in [1.29, 1.82) is 0 Å². The average molecular weight is 427 g/mol. The van der Waals surface area contributed by atoms with E-state index < -0.39 is 5.91 Å². The number of fused-ring (bicyclic) bond motifs is 1. The van der Waals surface area contributed by atoms with Crippen LogP contribution in [0, 0.1) is 0 Å². The first-order chi connectivity index (χ1) is 13.5. The van der Waals surface area contributed by atoms with Crippen molar-refractivity contribution in [3.63, 3.8) is 0 Å². The van der Waals surface area contributed by atoms with Crippen LogP contribution in [0.1, 0.15) is 20.7 Å². The van der Waals surface area contributed by atoms with Crippen molar-refractivity contribution in [3.05, 3.63) is 98.6 Å². The molecule has 0 N–H and O–H groups in total. The second kappa shape index (κ2) is 7.72. The SMILES string of the molecule is O=C(N=c1sn(C(=O)c2ccc(Cl)cc2)c2ccccc12)c1ccc(Cl)cc1. The Morgan fingerprint density at radius 2 is 1.36 bits per heavy atom. The van der Waals surface area contributed by atoms with Crippen molar-refractivity contribution in [1.82, 2.24) is 3.96 Å². The van der Waals surface area contributed by atoms with E-state index in [1.165, 1.54) is 3.96 Å². The molecule has 138 valence electrons. The standard InChI is InChI=1S/C21H12Cl2N2O2S/c22-15-9-5-13(6-10-15)19(26)24-20-17-3-1-2-4-18(17)25(28-20)21(27)14-7-11-16(23)12-8-14/h1-12H. The Balaban J connectivity index is 1.82. The van der Waals surface area contributed by atoms with Crippen LogP contribution in [-0.2, 0) is 0 Å². The van der Waals surface area contributed by atoms with E-state index in [0.717, 1.165) is 16.9 Å². The fourth-order valence-corrected chi connectivity index (χ4v) is 3.97. The molecule has 1 heterocycles. The van der Waals surface area contributed by atoms with E-state index in [1.807, 2.05) is 24.3 Å². The third-order valence-electron chi connectivity index (χ3n) is 4.10. The van der Waals surface area contributed by atoms with Crippen LogP contribution in [0.3, 0.4) is 0 Å². The maximum absolute atomic E-state index is 13.0. The first-order valence-electron chi connectivity index (χ1n) is 8.29. The number of hydrogen-bond donors (Lipinski definition) is 0. The number of halogens is 2. The zero-order valence-electron chi connectivity index (χ0n) is 14.3. The highest BCUT2D eigenvalue weighted by Gasteiger charge is 2.15. The number of para-hydroxylation sites is 1. The fraction of sp³-hybridized carbons (Fsp3) is 0. The van der Waals surface area contributed by atoms with Gasteiger partial charge in [-0.1, -0.05) is 35.3 Å². The highest BCUT2D eigenvalue weighted by Crippen LogP contribution is 2.18. The number of amides is 1. The lowest BCUT2D eigenvalue weighted by Crippen LogP contribution is -2.09. The molecule has 4 nitrogen and oxygen atoms in total. The van der Waals surface area contributed by atoms with E-state index in [9.17, 15) is 9.59 Å². The predicted molar refractivity (Wildman–Crippen MR) is 112 cm³/mol. The molecule has 0 bridgehead atoms. The number of rotatable bonds is 2. The molecule has 1 aromatic heterocycles. The van der Waals surface area contributed by atoms with Gasteiger partial charge in [0.15, 0.2) is 0 Å². The Morgan fingerprint density at radius 3 is 2.00 bits per heavy atom. The molecule has 0 spiro atoms. The van der Waals surface area contributed by atoms with Crippen LogP contribution in [0.25, 0.3) is 10.9 Å². The van der Waals surface area contributed by atoms with Crippen LogP contribution in [-0.4, -0.2) is 15.8 Å². The van der Waals surface area contributed by atoms with Gasteiger partial charge in [0.25, 0.3) is 11.8 Å². The molecular formula is C21H12Cl2N2O2S. The van der Waals surface area contributed by atoms with Gasteiger partial charge in [-0.2, -0.15) is 4.99 Å². The first kappa shape index (κ1) is 18.6. The van der Waals surface area contributed by atoms with Gasteiger partial charge in [0.05, 0.1) is 5.52 Å². The normalized spacial score (nSPS) is 11.7. The van der Waals surface area contributed by atoms with Crippen LogP contribution in [0.15, 0.2) is 77.8 Å². The highest BCUT2D eigenvalue weighted by molar-refractivity contribution is 7.06. The Morgan fingerprint density at radius 1 is 0.786 bits per heavy atom. The van der Waals surface area contributed by atoms with E-state index in [0.29, 0.717) is 31.4 Å². The summed E-state index contributed by atoms with van der Waals surface area (Å²) in [5.41, 5.74) is 1.62. The monoisotopic (exact) mass is 426 g/mol. The number of carbonyl (C=O) groups excluding carboxylic acids is 2. The summed E-state index contributed by atoms with van der Waals surface area (Å²) in [4.78, 5) is 29.8. The summed E-state index contributed by atoms with van der Waals surface area (Å²) < 4.78 is 2.00. The van der Waals surface area contributed by atoms with Crippen molar-refractivity contribution in [2.24, 2.45) is 4.99 Å². The lowest BCUT2D eigenvalue weighted by Gasteiger charge is -2.02. The molecule has 0 saturated heterocycles. The molecule has 0 radical (unpaired) electrons. The molecule has 0 aliphatic heterocycles. The molecule has 3 aromatic carbocycles. The third-order valence-corrected chi connectivity index (χ3v) is 5.63. The summed E-state index contributed by atoms with van der Waals surface area (Å²) in [6.45, 7) is 0. The third kappa shape index (κ3) is 3.64. The van der Waals surface area contributed by atoms with E-state index >= 15 is 0 Å². The largest absolute Gasteiger partial charge is 0.278 e. The molecule has 28 heavy (non-hydrogen) atoms. The summed E-state index contributed by atoms with van der Waals surface area (Å²) in [6.07, 6.45) is 0. The van der Waals surface area contributed by atoms with Gasteiger partial charge in [0, 0.05) is 26.6 Å². The van der Waals surface area contributed by atoms with E-state index in [4.69, 9.17) is 23.2 Å². The van der Waals surface area contributed by atoms with E-state index in [1.54, 1.807) is 48.5 Å². The van der Waals surface area contributed by atoms with Crippen LogP contribution in [0.2, 0.25) is 10.0 Å². The molecular weight excluding hydrogens is 415 g/mol. The van der Waals surface area contributed by atoms with Crippen molar-refractivity contribution in [3.8, 4) is 0 Å². The van der Waals surface area contributed by atoms with Gasteiger partial charge in [-0.15, -0.1) is 0 Å². The van der Waals surface area contributed by atoms with Gasteiger partial charge in [-0.05, 0) is 72.2 Å². The zero-order chi connectivity index (χ0) is 19.7. The van der Waals surface area contributed by atoms with E-state index in [-0.39, 0.29) is 5.91 Å². The second-order valence-corrected chi connectivity index (χ2v) is 7.75. The number of nitrogens with zero attached hydrogens (tertiary/aromatic N) is 2. The minimum atomic E-state index is -0.394. The first-order valence-corrected chi connectivity index (χ1v) is 9.82. The summed E-state index contributed by atoms with van der Waals surface area (Å²) in [5.74, 6) is -0.604. The van der Waals surface area contributed by atoms with Gasteiger partial charge in [0.2, 0.25) is 0 Å². The Kier molecular flexibility index (Phi) is 5.13. The minimum absolute atomic E-state index is 0.210. The predicted octanol–water partition coefficient (Wildman–Crippen LogP) is 5.44. The molecule has 0 unspecified atom stereocenters. The van der Waals surface area contributed by atoms with Gasteiger partial charge in [0.1, 0.15) is 4.67 Å². The minimum Gasteiger partial charge on any atom is -0.267 e. The quantitative estimate of drug-likeness (QED) is 0.428. The van der Waals surface area contributed by atoms with Gasteiger partial charge in [-0.25, -0.2) is 3.96 Å². The summed E-state index contributed by atoms with van der Waals surface area (Å²) in [6, 6.07) is 20.5. The van der Waals surface area contributed by atoms with Crippen molar-refractivity contribution >= 4 is 57.5 Å². The topological polar surface area (TPSA) is 51.4 Å². The Hall–Kier alpha value is -2.73. The summed E-state index contributed by atoms with van der Waals surface area (Å²) in [7, 11) is 0. The summed E-state index contributed by atoms with van der Waals surface area (Å²) in [5, 5.41) is 1.84. The van der Waals surface area contributed by atoms with Crippen LogP contribution in [0.5, 0.6) is 0 Å². The second-order valence-electron chi connectivity index (χ2n) is 5.94. The zero-order valence-corrected chi connectivity index (χ0v) is 16.6. The van der Waals surface area contributed by atoms with E-state index in [2.05, 4.69) is 4.99 Å². The van der Waals surface area contributed by atoms with Crippen molar-refractivity contribution in [2.75, 3.05) is 0 Å². The number of aromatic nitrogens is 1. The molecule has 4 aromatic rings. The molecule has 0 aliphatic rings. The van der Waals surface area contributed by atoms with Crippen LogP contribution >= 0.6 is 34.7 Å². The molecule has 0 saturated carbocycles. The van der Waals surface area contributed by atoms with Gasteiger partial charge in [-0.3, -0.25) is 9.59 Å². The van der Waals surface area contributed by atoms with Gasteiger partial charge >= 0.3 is 0 Å². The van der Waals surface area contributed by atoms with Crippen LogP contribution in [0.4, 0.5) is 0 Å². The van der Waals surface area contributed by atoms with Crippen LogP contribution < -0.4 is 4.67 Å². The molecule has 0 fully saturated rings. The number of benzene rings is 3. The average Bonchev–Trinajstić information content (AvgIpc) is 3.07. The molecule has 0 aliphatic carbocycles. The highest BCUT2D eigenvalue weighted by atomic mass is 35.5. The molecule has 1 amide bonds. The molecule has 0 atom stereocenters. The van der Waals surface area contributed by atoms with Gasteiger partial charge < -0.3 is 0 Å². The van der Waals surface area contributed by atoms with Crippen molar-refractivity contribution in [2.45, 2.75) is 0 Å². The smallest absolute Gasteiger partial charge is 0.267 e.